The van der Waals surface area contributed by atoms with Crippen molar-refractivity contribution in [3.63, 3.8) is 0 Å². The van der Waals surface area contributed by atoms with Crippen molar-refractivity contribution >= 4 is 22.3 Å². The zero-order valence-corrected chi connectivity index (χ0v) is 16.0. The van der Waals surface area contributed by atoms with Crippen LogP contribution in [-0.4, -0.2) is 18.1 Å². The summed E-state index contributed by atoms with van der Waals surface area (Å²) in [5, 5.41) is 2.40. The number of carbonyl (C=O) groups is 1. The normalized spacial score (nSPS) is 10.8. The van der Waals surface area contributed by atoms with E-state index in [0.717, 1.165) is 28.1 Å². The average Bonchev–Trinajstić information content (AvgIpc) is 3.22. The lowest BCUT2D eigenvalue weighted by atomic mass is 9.97. The van der Waals surface area contributed by atoms with Gasteiger partial charge in [0, 0.05) is 11.4 Å². The second-order valence-corrected chi connectivity index (χ2v) is 6.88. The number of allylic oxidation sites excluding steroid dienone is 1. The van der Waals surface area contributed by atoms with Gasteiger partial charge in [0.1, 0.15) is 0 Å². The van der Waals surface area contributed by atoms with Gasteiger partial charge in [0.05, 0.1) is 12.7 Å². The molecule has 0 atom stereocenters. The number of methoxy groups -OCH3 is 1. The summed E-state index contributed by atoms with van der Waals surface area (Å²) < 4.78 is 4.75. The Balaban J connectivity index is 1.70. The molecular formula is C25H21NO2. The van der Waals surface area contributed by atoms with E-state index in [1.54, 1.807) is 12.1 Å². The maximum absolute atomic E-state index is 11.6. The molecule has 0 saturated heterocycles. The van der Waals surface area contributed by atoms with Gasteiger partial charge < -0.3 is 9.72 Å². The molecule has 0 amide bonds. The zero-order valence-electron chi connectivity index (χ0n) is 16.0. The number of fused-ring (bicyclic) bond motifs is 1. The van der Waals surface area contributed by atoms with Gasteiger partial charge in [-0.05, 0) is 64.7 Å². The molecule has 1 N–H and O–H groups in total. The molecule has 0 bridgehead atoms. The van der Waals surface area contributed by atoms with Crippen LogP contribution in [0.2, 0.25) is 0 Å². The number of benzene rings is 3. The van der Waals surface area contributed by atoms with Crippen LogP contribution in [0.3, 0.4) is 0 Å². The molecule has 3 nitrogen and oxygen atoms in total. The lowest BCUT2D eigenvalue weighted by Gasteiger charge is -2.08. The highest BCUT2D eigenvalue weighted by molar-refractivity contribution is 5.95. The van der Waals surface area contributed by atoms with Gasteiger partial charge in [-0.3, -0.25) is 0 Å². The number of carbonyl (C=O) groups excluding carboxylic acids is 1. The Hall–Kier alpha value is -3.59. The molecule has 0 spiro atoms. The van der Waals surface area contributed by atoms with Crippen LogP contribution in [0, 0.1) is 0 Å². The molecule has 0 radical (unpaired) electrons. The minimum atomic E-state index is -0.330. The summed E-state index contributed by atoms with van der Waals surface area (Å²) in [6.45, 7) is 6.14. The summed E-state index contributed by atoms with van der Waals surface area (Å²) in [5.41, 5.74) is 6.95. The Bertz CT molecular complexity index is 1180. The molecule has 28 heavy (non-hydrogen) atoms. The van der Waals surface area contributed by atoms with E-state index in [1.165, 1.54) is 23.4 Å². The Kier molecular flexibility index (Phi) is 4.58. The number of hydrogen-bond acceptors (Lipinski definition) is 2. The van der Waals surface area contributed by atoms with Crippen LogP contribution in [0.5, 0.6) is 0 Å². The van der Waals surface area contributed by atoms with E-state index in [4.69, 9.17) is 4.74 Å². The number of H-pyrrole nitrogens is 1. The molecule has 0 fully saturated rings. The smallest absolute Gasteiger partial charge is 0.337 e. The lowest BCUT2D eigenvalue weighted by molar-refractivity contribution is 0.0601. The molecule has 3 heteroatoms. The topological polar surface area (TPSA) is 42.1 Å². The van der Waals surface area contributed by atoms with Crippen molar-refractivity contribution in [3.05, 3.63) is 90.5 Å². The van der Waals surface area contributed by atoms with E-state index in [1.807, 2.05) is 19.1 Å². The number of esters is 1. The molecule has 0 unspecified atom stereocenters. The molecule has 0 aliphatic heterocycles. The standard InChI is InChI=1S/C25H21NO2/c1-16(2)21-6-4-5-17-7-12-20(15-22(17)21)24-14-13-23(26-24)18-8-10-19(11-9-18)25(27)28-3/h4-15,26H,1H2,2-3H3. The molecule has 0 saturated carbocycles. The van der Waals surface area contributed by atoms with Crippen molar-refractivity contribution in [2.75, 3.05) is 7.11 Å². The van der Waals surface area contributed by atoms with Crippen LogP contribution < -0.4 is 0 Å². The fraction of sp³-hybridized carbons (Fsp3) is 0.0800. The maximum atomic E-state index is 11.6. The highest BCUT2D eigenvalue weighted by Crippen LogP contribution is 2.30. The van der Waals surface area contributed by atoms with Crippen molar-refractivity contribution in [1.82, 2.24) is 4.98 Å². The number of ether oxygens (including phenoxy) is 1. The van der Waals surface area contributed by atoms with Gasteiger partial charge in [-0.25, -0.2) is 4.79 Å². The predicted molar refractivity (Wildman–Crippen MR) is 115 cm³/mol. The molecule has 3 aromatic carbocycles. The lowest BCUT2D eigenvalue weighted by Crippen LogP contribution is -2.00. The van der Waals surface area contributed by atoms with E-state index in [-0.39, 0.29) is 5.97 Å². The molecule has 0 aliphatic rings. The van der Waals surface area contributed by atoms with Gasteiger partial charge in [0.15, 0.2) is 0 Å². The van der Waals surface area contributed by atoms with Crippen LogP contribution in [0.25, 0.3) is 38.9 Å². The first-order valence-corrected chi connectivity index (χ1v) is 9.13. The third-order valence-electron chi connectivity index (χ3n) is 4.96. The van der Waals surface area contributed by atoms with Gasteiger partial charge >= 0.3 is 5.97 Å². The van der Waals surface area contributed by atoms with Crippen LogP contribution in [-0.2, 0) is 4.74 Å². The summed E-state index contributed by atoms with van der Waals surface area (Å²) in [6, 6.07) is 24.3. The molecule has 1 aromatic heterocycles. The maximum Gasteiger partial charge on any atom is 0.337 e. The molecular weight excluding hydrogens is 346 g/mol. The molecule has 1 heterocycles. The molecule has 138 valence electrons. The van der Waals surface area contributed by atoms with Crippen molar-refractivity contribution < 1.29 is 9.53 Å². The summed E-state index contributed by atoms with van der Waals surface area (Å²) in [5.74, 6) is -0.330. The molecule has 0 aliphatic carbocycles. The molecule has 4 rings (SSSR count). The summed E-state index contributed by atoms with van der Waals surface area (Å²) in [7, 11) is 1.39. The zero-order chi connectivity index (χ0) is 19.7. The van der Waals surface area contributed by atoms with E-state index in [2.05, 4.69) is 60.1 Å². The van der Waals surface area contributed by atoms with E-state index in [0.29, 0.717) is 5.56 Å². The summed E-state index contributed by atoms with van der Waals surface area (Å²) in [4.78, 5) is 15.1. The quantitative estimate of drug-likeness (QED) is 0.429. The number of aromatic nitrogens is 1. The SMILES string of the molecule is C=C(C)c1cccc2ccc(-c3ccc(-c4ccc(C(=O)OC)cc4)[nH]3)cc12. The minimum Gasteiger partial charge on any atom is -0.465 e. The van der Waals surface area contributed by atoms with Crippen molar-refractivity contribution in [3.8, 4) is 22.5 Å². The van der Waals surface area contributed by atoms with Gasteiger partial charge in [-0.2, -0.15) is 0 Å². The van der Waals surface area contributed by atoms with Gasteiger partial charge in [0.25, 0.3) is 0 Å². The second kappa shape index (κ2) is 7.20. The van der Waals surface area contributed by atoms with Crippen molar-refractivity contribution in [2.24, 2.45) is 0 Å². The fourth-order valence-corrected chi connectivity index (χ4v) is 3.45. The average molecular weight is 367 g/mol. The highest BCUT2D eigenvalue weighted by Gasteiger charge is 2.09. The third-order valence-corrected chi connectivity index (χ3v) is 4.96. The Morgan fingerprint density at radius 1 is 0.893 bits per heavy atom. The first-order chi connectivity index (χ1) is 13.6. The Morgan fingerprint density at radius 3 is 2.25 bits per heavy atom. The van der Waals surface area contributed by atoms with Crippen LogP contribution in [0.4, 0.5) is 0 Å². The monoisotopic (exact) mass is 367 g/mol. The Morgan fingerprint density at radius 2 is 1.57 bits per heavy atom. The largest absolute Gasteiger partial charge is 0.465 e. The second-order valence-electron chi connectivity index (χ2n) is 6.88. The third kappa shape index (κ3) is 3.23. The first-order valence-electron chi connectivity index (χ1n) is 9.13. The number of aromatic amines is 1. The van der Waals surface area contributed by atoms with Crippen molar-refractivity contribution in [1.29, 1.82) is 0 Å². The van der Waals surface area contributed by atoms with Crippen molar-refractivity contribution in [2.45, 2.75) is 6.92 Å². The summed E-state index contributed by atoms with van der Waals surface area (Å²) >= 11 is 0. The van der Waals surface area contributed by atoms with E-state index in [9.17, 15) is 4.79 Å². The number of rotatable bonds is 4. The van der Waals surface area contributed by atoms with E-state index < -0.39 is 0 Å². The fourth-order valence-electron chi connectivity index (χ4n) is 3.45. The van der Waals surface area contributed by atoms with Gasteiger partial charge in [-0.1, -0.05) is 54.6 Å². The van der Waals surface area contributed by atoms with Gasteiger partial charge in [-0.15, -0.1) is 0 Å². The van der Waals surface area contributed by atoms with E-state index >= 15 is 0 Å². The first kappa shape index (κ1) is 17.8. The van der Waals surface area contributed by atoms with Crippen LogP contribution in [0.15, 0.2) is 79.4 Å². The van der Waals surface area contributed by atoms with Gasteiger partial charge in [0.2, 0.25) is 0 Å². The highest BCUT2D eigenvalue weighted by atomic mass is 16.5. The minimum absolute atomic E-state index is 0.330. The summed E-state index contributed by atoms with van der Waals surface area (Å²) in [6.07, 6.45) is 0. The predicted octanol–water partition coefficient (Wildman–Crippen LogP) is 6.32. The number of nitrogens with one attached hydrogen (secondary N) is 1. The number of hydrogen-bond donors (Lipinski definition) is 1. The Labute approximate surface area is 164 Å². The van der Waals surface area contributed by atoms with Crippen LogP contribution >= 0.6 is 0 Å². The molecule has 4 aromatic rings. The van der Waals surface area contributed by atoms with Crippen LogP contribution in [0.1, 0.15) is 22.8 Å².